The Morgan fingerprint density at radius 2 is 1.46 bits per heavy atom. The monoisotopic (exact) mass is 371 g/mol. The van der Waals surface area contributed by atoms with Crippen molar-refractivity contribution >= 4 is 12.0 Å². The highest BCUT2D eigenvalue weighted by atomic mass is 16.5. The predicted octanol–water partition coefficient (Wildman–Crippen LogP) is 4.82. The second-order valence-electron chi connectivity index (χ2n) is 6.59. The molecule has 0 saturated carbocycles. The lowest BCUT2D eigenvalue weighted by atomic mass is 10.0. The molecule has 28 heavy (non-hydrogen) atoms. The Hall–Kier alpha value is -3.17. The summed E-state index contributed by atoms with van der Waals surface area (Å²) in [6.45, 7) is 0. The molecule has 142 valence electrons. The molecule has 3 rings (SSSR count). The van der Waals surface area contributed by atoms with Crippen LogP contribution in [0.4, 0.5) is 0 Å². The van der Waals surface area contributed by atoms with Crippen molar-refractivity contribution in [3.63, 3.8) is 0 Å². The van der Waals surface area contributed by atoms with Gasteiger partial charge in [0.1, 0.15) is 6.04 Å². The molecule has 0 fully saturated rings. The highest BCUT2D eigenvalue weighted by molar-refractivity contribution is 5.76. The standard InChI is InChI=1S/C25H25NO2/c1-28-25(27)24(19-21-13-7-3-8-14-21)26-23(22-15-9-4-10-16-22)18-17-20-11-5-2-6-12-20/h2-18,23-24,26H,19H2,1H3/b18-17+/t23-,24+/m0/s1. The van der Waals surface area contributed by atoms with Crippen LogP contribution >= 0.6 is 0 Å². The molecule has 0 spiro atoms. The molecule has 0 aliphatic carbocycles. The first-order valence-electron chi connectivity index (χ1n) is 9.42. The van der Waals surface area contributed by atoms with Crippen LogP contribution in [-0.2, 0) is 16.0 Å². The van der Waals surface area contributed by atoms with Crippen LogP contribution in [0.2, 0.25) is 0 Å². The maximum atomic E-state index is 12.4. The van der Waals surface area contributed by atoms with Crippen molar-refractivity contribution in [3.05, 3.63) is 114 Å². The van der Waals surface area contributed by atoms with Crippen molar-refractivity contribution in [1.82, 2.24) is 5.32 Å². The molecule has 0 unspecified atom stereocenters. The third kappa shape index (κ3) is 5.66. The minimum absolute atomic E-state index is 0.116. The third-order valence-corrected chi connectivity index (χ3v) is 4.59. The summed E-state index contributed by atoms with van der Waals surface area (Å²) < 4.78 is 5.06. The van der Waals surface area contributed by atoms with E-state index < -0.39 is 6.04 Å². The topological polar surface area (TPSA) is 38.3 Å². The average molecular weight is 371 g/mol. The summed E-state index contributed by atoms with van der Waals surface area (Å²) in [4.78, 5) is 12.4. The lowest BCUT2D eigenvalue weighted by Crippen LogP contribution is -2.41. The summed E-state index contributed by atoms with van der Waals surface area (Å²) in [5.41, 5.74) is 3.30. The van der Waals surface area contributed by atoms with Gasteiger partial charge in [0.05, 0.1) is 13.2 Å². The van der Waals surface area contributed by atoms with Gasteiger partial charge < -0.3 is 4.74 Å². The maximum Gasteiger partial charge on any atom is 0.323 e. The smallest absolute Gasteiger partial charge is 0.323 e. The van der Waals surface area contributed by atoms with Crippen LogP contribution in [0, 0.1) is 0 Å². The zero-order valence-electron chi connectivity index (χ0n) is 16.0. The van der Waals surface area contributed by atoms with E-state index in [2.05, 4.69) is 41.7 Å². The lowest BCUT2D eigenvalue weighted by Gasteiger charge is -2.23. The van der Waals surface area contributed by atoms with Gasteiger partial charge >= 0.3 is 5.97 Å². The Morgan fingerprint density at radius 3 is 2.07 bits per heavy atom. The van der Waals surface area contributed by atoms with Crippen LogP contribution < -0.4 is 5.32 Å². The molecule has 0 bridgehead atoms. The van der Waals surface area contributed by atoms with Crippen molar-refractivity contribution < 1.29 is 9.53 Å². The quantitative estimate of drug-likeness (QED) is 0.577. The van der Waals surface area contributed by atoms with Gasteiger partial charge in [0, 0.05) is 0 Å². The van der Waals surface area contributed by atoms with E-state index in [9.17, 15) is 4.79 Å². The first-order valence-corrected chi connectivity index (χ1v) is 9.42. The van der Waals surface area contributed by atoms with Gasteiger partial charge in [0.25, 0.3) is 0 Å². The van der Waals surface area contributed by atoms with Crippen molar-refractivity contribution in [2.75, 3.05) is 7.11 Å². The van der Waals surface area contributed by atoms with E-state index >= 15 is 0 Å². The number of nitrogens with one attached hydrogen (secondary N) is 1. The zero-order valence-corrected chi connectivity index (χ0v) is 16.0. The van der Waals surface area contributed by atoms with E-state index in [1.165, 1.54) is 7.11 Å². The van der Waals surface area contributed by atoms with Crippen molar-refractivity contribution in [3.8, 4) is 0 Å². The van der Waals surface area contributed by atoms with Gasteiger partial charge in [-0.25, -0.2) is 0 Å². The van der Waals surface area contributed by atoms with E-state index in [0.717, 1.165) is 16.7 Å². The van der Waals surface area contributed by atoms with Gasteiger partial charge in [-0.1, -0.05) is 103 Å². The van der Waals surface area contributed by atoms with Gasteiger partial charge in [0.2, 0.25) is 0 Å². The van der Waals surface area contributed by atoms with Crippen LogP contribution in [0.3, 0.4) is 0 Å². The van der Waals surface area contributed by atoms with Crippen LogP contribution in [-0.4, -0.2) is 19.1 Å². The van der Waals surface area contributed by atoms with E-state index in [1.54, 1.807) is 0 Å². The molecule has 3 aromatic rings. The van der Waals surface area contributed by atoms with Crippen molar-refractivity contribution in [2.24, 2.45) is 0 Å². The van der Waals surface area contributed by atoms with Gasteiger partial charge in [-0.2, -0.15) is 0 Å². The largest absolute Gasteiger partial charge is 0.468 e. The SMILES string of the molecule is COC(=O)[C@@H](Cc1ccccc1)N[C@@H](/C=C/c1ccccc1)c1ccccc1. The van der Waals surface area contributed by atoms with Crippen LogP contribution in [0.1, 0.15) is 22.7 Å². The summed E-state index contributed by atoms with van der Waals surface area (Å²) in [6.07, 6.45) is 4.73. The first kappa shape index (κ1) is 19.6. The van der Waals surface area contributed by atoms with Crippen molar-refractivity contribution in [2.45, 2.75) is 18.5 Å². The third-order valence-electron chi connectivity index (χ3n) is 4.59. The average Bonchev–Trinajstić information content (AvgIpc) is 2.77. The predicted molar refractivity (Wildman–Crippen MR) is 114 cm³/mol. The number of carbonyl (C=O) groups is 1. The van der Waals surface area contributed by atoms with Crippen LogP contribution in [0.5, 0.6) is 0 Å². The molecule has 0 aliphatic heterocycles. The molecule has 0 saturated heterocycles. The zero-order chi connectivity index (χ0) is 19.6. The Bertz CT molecular complexity index is 876. The van der Waals surface area contributed by atoms with Gasteiger partial charge in [-0.15, -0.1) is 0 Å². The molecule has 3 aromatic carbocycles. The molecule has 0 aliphatic rings. The summed E-state index contributed by atoms with van der Waals surface area (Å²) >= 11 is 0. The number of carbonyl (C=O) groups excluding carboxylic acids is 1. The summed E-state index contributed by atoms with van der Waals surface area (Å²) in [6, 6.07) is 29.7. The van der Waals surface area contributed by atoms with E-state index in [4.69, 9.17) is 4.74 Å². The Morgan fingerprint density at radius 1 is 0.893 bits per heavy atom. The molecule has 0 radical (unpaired) electrons. The summed E-state index contributed by atoms with van der Waals surface area (Å²) in [5, 5.41) is 3.48. The molecular weight excluding hydrogens is 346 g/mol. The number of benzene rings is 3. The second kappa shape index (κ2) is 10.2. The summed E-state index contributed by atoms with van der Waals surface area (Å²) in [7, 11) is 1.43. The van der Waals surface area contributed by atoms with Gasteiger partial charge in [-0.05, 0) is 23.1 Å². The van der Waals surface area contributed by atoms with Gasteiger partial charge in [-0.3, -0.25) is 10.1 Å². The molecule has 2 atom stereocenters. The Balaban J connectivity index is 1.85. The molecule has 3 heteroatoms. The van der Waals surface area contributed by atoms with E-state index in [0.29, 0.717) is 6.42 Å². The normalized spacial score (nSPS) is 13.2. The molecule has 1 N–H and O–H groups in total. The fourth-order valence-corrected chi connectivity index (χ4v) is 3.11. The number of esters is 1. The number of rotatable bonds is 8. The number of hydrogen-bond donors (Lipinski definition) is 1. The molecule has 0 amide bonds. The van der Waals surface area contributed by atoms with E-state index in [1.807, 2.05) is 66.7 Å². The van der Waals surface area contributed by atoms with E-state index in [-0.39, 0.29) is 12.0 Å². The highest BCUT2D eigenvalue weighted by Crippen LogP contribution is 2.18. The highest BCUT2D eigenvalue weighted by Gasteiger charge is 2.23. The summed E-state index contributed by atoms with van der Waals surface area (Å²) in [5.74, 6) is -0.266. The fraction of sp³-hybridized carbons (Fsp3) is 0.160. The van der Waals surface area contributed by atoms with Crippen LogP contribution in [0.15, 0.2) is 97.1 Å². The molecule has 0 heterocycles. The minimum atomic E-state index is -0.446. The second-order valence-corrected chi connectivity index (χ2v) is 6.59. The van der Waals surface area contributed by atoms with Crippen LogP contribution in [0.25, 0.3) is 6.08 Å². The maximum absolute atomic E-state index is 12.4. The Labute approximate surface area is 166 Å². The lowest BCUT2D eigenvalue weighted by molar-refractivity contribution is -0.143. The molecule has 0 aromatic heterocycles. The van der Waals surface area contributed by atoms with Gasteiger partial charge in [0.15, 0.2) is 0 Å². The Kier molecular flexibility index (Phi) is 7.16. The van der Waals surface area contributed by atoms with Crippen molar-refractivity contribution in [1.29, 1.82) is 0 Å². The molecule has 3 nitrogen and oxygen atoms in total. The number of hydrogen-bond acceptors (Lipinski definition) is 3. The minimum Gasteiger partial charge on any atom is -0.468 e. The number of methoxy groups -OCH3 is 1. The molecular formula is C25H25NO2. The number of ether oxygens (including phenoxy) is 1. The fourth-order valence-electron chi connectivity index (χ4n) is 3.11. The first-order chi connectivity index (χ1) is 13.8.